The SMILES string of the molecule is ClCC1(Cc2ccccc2Br)CCCC1. The average molecular weight is 288 g/mol. The van der Waals surface area contributed by atoms with Crippen molar-refractivity contribution in [2.45, 2.75) is 32.1 Å². The molecule has 1 aromatic rings. The molecule has 2 rings (SSSR count). The Morgan fingerprint density at radius 3 is 2.47 bits per heavy atom. The van der Waals surface area contributed by atoms with E-state index in [1.165, 1.54) is 35.7 Å². The Bertz CT molecular complexity index is 329. The van der Waals surface area contributed by atoms with Gasteiger partial charge in [-0.15, -0.1) is 11.6 Å². The molecule has 1 aliphatic rings. The molecular weight excluding hydrogens is 272 g/mol. The van der Waals surface area contributed by atoms with Crippen LogP contribution in [0.4, 0.5) is 0 Å². The molecule has 0 heterocycles. The van der Waals surface area contributed by atoms with Crippen LogP contribution in [0.1, 0.15) is 31.2 Å². The number of hydrogen-bond donors (Lipinski definition) is 0. The molecule has 1 saturated carbocycles. The fourth-order valence-corrected chi connectivity index (χ4v) is 3.32. The molecule has 0 atom stereocenters. The van der Waals surface area contributed by atoms with E-state index in [0.717, 1.165) is 12.3 Å². The lowest BCUT2D eigenvalue weighted by Gasteiger charge is -2.26. The van der Waals surface area contributed by atoms with Gasteiger partial charge in [-0.05, 0) is 36.3 Å². The maximum atomic E-state index is 6.15. The summed E-state index contributed by atoms with van der Waals surface area (Å²) >= 11 is 9.77. The summed E-state index contributed by atoms with van der Waals surface area (Å²) < 4.78 is 1.22. The van der Waals surface area contributed by atoms with Crippen LogP contribution in [0.3, 0.4) is 0 Å². The van der Waals surface area contributed by atoms with Gasteiger partial charge in [0, 0.05) is 10.4 Å². The van der Waals surface area contributed by atoms with Crippen LogP contribution in [0.25, 0.3) is 0 Å². The van der Waals surface area contributed by atoms with Crippen LogP contribution < -0.4 is 0 Å². The quantitative estimate of drug-likeness (QED) is 0.701. The van der Waals surface area contributed by atoms with Crippen LogP contribution in [-0.4, -0.2) is 5.88 Å². The van der Waals surface area contributed by atoms with Crippen molar-refractivity contribution < 1.29 is 0 Å². The lowest BCUT2D eigenvalue weighted by molar-refractivity contribution is 0.340. The van der Waals surface area contributed by atoms with Crippen LogP contribution in [0.2, 0.25) is 0 Å². The maximum absolute atomic E-state index is 6.15. The third kappa shape index (κ3) is 2.57. The van der Waals surface area contributed by atoms with Crippen LogP contribution >= 0.6 is 27.5 Å². The smallest absolute Gasteiger partial charge is 0.0283 e. The maximum Gasteiger partial charge on any atom is 0.0283 e. The van der Waals surface area contributed by atoms with E-state index in [9.17, 15) is 0 Å². The Morgan fingerprint density at radius 1 is 1.20 bits per heavy atom. The normalized spacial score (nSPS) is 19.3. The van der Waals surface area contributed by atoms with Crippen molar-refractivity contribution in [2.75, 3.05) is 5.88 Å². The second-order valence-electron chi connectivity index (χ2n) is 4.61. The second-order valence-corrected chi connectivity index (χ2v) is 5.73. The first-order chi connectivity index (χ1) is 7.26. The van der Waals surface area contributed by atoms with Crippen LogP contribution in [-0.2, 0) is 6.42 Å². The Morgan fingerprint density at radius 2 is 1.87 bits per heavy atom. The zero-order valence-electron chi connectivity index (χ0n) is 8.81. The van der Waals surface area contributed by atoms with Gasteiger partial charge in [-0.1, -0.05) is 47.0 Å². The Labute approximate surface area is 105 Å². The molecule has 0 saturated heterocycles. The van der Waals surface area contributed by atoms with Crippen molar-refractivity contribution >= 4 is 27.5 Å². The largest absolute Gasteiger partial charge is 0.126 e. The summed E-state index contributed by atoms with van der Waals surface area (Å²) in [7, 11) is 0. The molecule has 0 spiro atoms. The van der Waals surface area contributed by atoms with Crippen molar-refractivity contribution in [1.82, 2.24) is 0 Å². The lowest BCUT2D eigenvalue weighted by atomic mass is 9.82. The van der Waals surface area contributed by atoms with Gasteiger partial charge in [0.15, 0.2) is 0 Å². The van der Waals surface area contributed by atoms with Gasteiger partial charge in [-0.25, -0.2) is 0 Å². The summed E-state index contributed by atoms with van der Waals surface area (Å²) in [6, 6.07) is 8.50. The van der Waals surface area contributed by atoms with E-state index in [1.807, 2.05) is 0 Å². The van der Waals surface area contributed by atoms with E-state index in [2.05, 4.69) is 40.2 Å². The third-order valence-corrected chi connectivity index (χ3v) is 4.81. The molecule has 2 heteroatoms. The molecule has 1 fully saturated rings. The fraction of sp³-hybridized carbons (Fsp3) is 0.538. The highest BCUT2D eigenvalue weighted by atomic mass is 79.9. The Balaban J connectivity index is 2.16. The summed E-state index contributed by atoms with van der Waals surface area (Å²) in [6.45, 7) is 0. The standard InChI is InChI=1S/C13H16BrCl/c14-12-6-2-1-5-11(12)9-13(10-15)7-3-4-8-13/h1-2,5-6H,3-4,7-10H2. The number of hydrogen-bond acceptors (Lipinski definition) is 0. The van der Waals surface area contributed by atoms with Crippen LogP contribution in [0, 0.1) is 5.41 Å². The summed E-state index contributed by atoms with van der Waals surface area (Å²) in [5.74, 6) is 0.800. The first-order valence-electron chi connectivity index (χ1n) is 5.55. The number of halogens is 2. The minimum atomic E-state index is 0.366. The highest BCUT2D eigenvalue weighted by Crippen LogP contribution is 2.42. The molecule has 1 aromatic carbocycles. The monoisotopic (exact) mass is 286 g/mol. The molecule has 0 bridgehead atoms. The second kappa shape index (κ2) is 4.88. The van der Waals surface area contributed by atoms with Gasteiger partial charge in [0.1, 0.15) is 0 Å². The lowest BCUT2D eigenvalue weighted by Crippen LogP contribution is -2.21. The van der Waals surface area contributed by atoms with Crippen LogP contribution in [0.15, 0.2) is 28.7 Å². The van der Waals surface area contributed by atoms with Gasteiger partial charge in [-0.3, -0.25) is 0 Å². The fourth-order valence-electron chi connectivity index (χ4n) is 2.53. The van der Waals surface area contributed by atoms with Gasteiger partial charge in [0.2, 0.25) is 0 Å². The molecule has 82 valence electrons. The van der Waals surface area contributed by atoms with Crippen LogP contribution in [0.5, 0.6) is 0 Å². The Kier molecular flexibility index (Phi) is 3.73. The van der Waals surface area contributed by atoms with E-state index in [-0.39, 0.29) is 0 Å². The molecule has 0 aromatic heterocycles. The van der Waals surface area contributed by atoms with Crippen molar-refractivity contribution in [3.63, 3.8) is 0 Å². The molecule has 0 N–H and O–H groups in total. The van der Waals surface area contributed by atoms with Crippen molar-refractivity contribution in [2.24, 2.45) is 5.41 Å². The number of benzene rings is 1. The first kappa shape index (κ1) is 11.5. The topological polar surface area (TPSA) is 0 Å². The first-order valence-corrected chi connectivity index (χ1v) is 6.88. The summed E-state index contributed by atoms with van der Waals surface area (Å²) in [5, 5.41) is 0. The van der Waals surface area contributed by atoms with Crippen molar-refractivity contribution in [3.05, 3.63) is 34.3 Å². The van der Waals surface area contributed by atoms with E-state index in [0.29, 0.717) is 5.41 Å². The highest BCUT2D eigenvalue weighted by molar-refractivity contribution is 9.10. The third-order valence-electron chi connectivity index (χ3n) is 3.47. The zero-order valence-corrected chi connectivity index (χ0v) is 11.1. The number of rotatable bonds is 3. The van der Waals surface area contributed by atoms with Crippen molar-refractivity contribution in [3.8, 4) is 0 Å². The number of alkyl halides is 1. The van der Waals surface area contributed by atoms with Gasteiger partial charge in [-0.2, -0.15) is 0 Å². The van der Waals surface area contributed by atoms with Gasteiger partial charge < -0.3 is 0 Å². The average Bonchev–Trinajstić information content (AvgIpc) is 2.71. The van der Waals surface area contributed by atoms with E-state index in [1.54, 1.807) is 0 Å². The zero-order chi connectivity index (χ0) is 10.7. The molecule has 0 nitrogen and oxygen atoms in total. The van der Waals surface area contributed by atoms with Gasteiger partial charge in [0.25, 0.3) is 0 Å². The molecule has 0 unspecified atom stereocenters. The molecule has 15 heavy (non-hydrogen) atoms. The molecular formula is C13H16BrCl. The van der Waals surface area contributed by atoms with Gasteiger partial charge >= 0.3 is 0 Å². The molecule has 0 amide bonds. The predicted molar refractivity (Wildman–Crippen MR) is 69.5 cm³/mol. The summed E-state index contributed by atoms with van der Waals surface area (Å²) in [4.78, 5) is 0. The van der Waals surface area contributed by atoms with Crippen molar-refractivity contribution in [1.29, 1.82) is 0 Å². The molecule has 1 aliphatic carbocycles. The molecule has 0 radical (unpaired) electrons. The summed E-state index contributed by atoms with van der Waals surface area (Å²) in [6.07, 6.45) is 6.39. The minimum Gasteiger partial charge on any atom is -0.126 e. The van der Waals surface area contributed by atoms with E-state index in [4.69, 9.17) is 11.6 Å². The van der Waals surface area contributed by atoms with E-state index >= 15 is 0 Å². The molecule has 0 aliphatic heterocycles. The van der Waals surface area contributed by atoms with Gasteiger partial charge in [0.05, 0.1) is 0 Å². The minimum absolute atomic E-state index is 0.366. The van der Waals surface area contributed by atoms with E-state index < -0.39 is 0 Å². The highest BCUT2D eigenvalue weighted by Gasteiger charge is 2.33. The summed E-state index contributed by atoms with van der Waals surface area (Å²) in [5.41, 5.74) is 1.77. The predicted octanol–water partition coefficient (Wildman–Crippen LogP) is 4.79. The Hall–Kier alpha value is -0.0100.